The van der Waals surface area contributed by atoms with E-state index in [1.165, 1.54) is 17.7 Å². The Labute approximate surface area is 157 Å². The van der Waals surface area contributed by atoms with Crippen LogP contribution >= 0.6 is 12.2 Å². The number of halogens is 2. The molecule has 0 aliphatic heterocycles. The number of rotatable bonds is 4. The summed E-state index contributed by atoms with van der Waals surface area (Å²) in [5.74, 6) is -3.11. The molecule has 0 radical (unpaired) electrons. The van der Waals surface area contributed by atoms with Crippen LogP contribution < -0.4 is 10.6 Å². The van der Waals surface area contributed by atoms with Gasteiger partial charge in [0.1, 0.15) is 17.3 Å². The number of carbonyl (C=O) groups is 2. The Balaban J connectivity index is 1.96. The third kappa shape index (κ3) is 3.93. The molecule has 0 bridgehead atoms. The van der Waals surface area contributed by atoms with Crippen molar-refractivity contribution in [1.29, 1.82) is 0 Å². The highest BCUT2D eigenvalue weighted by Crippen LogP contribution is 2.24. The monoisotopic (exact) mass is 388 g/mol. The molecule has 6 nitrogen and oxygen atoms in total. The molecular formula is C18H14F2N4O2S. The number of aromatic amines is 1. The van der Waals surface area contributed by atoms with Gasteiger partial charge in [0.05, 0.1) is 11.4 Å². The Bertz CT molecular complexity index is 1080. The number of anilines is 2. The maximum absolute atomic E-state index is 14.1. The van der Waals surface area contributed by atoms with E-state index in [4.69, 9.17) is 12.2 Å². The summed E-state index contributed by atoms with van der Waals surface area (Å²) in [5.41, 5.74) is 0.258. The lowest BCUT2D eigenvalue weighted by atomic mass is 10.2. The summed E-state index contributed by atoms with van der Waals surface area (Å²) in [7, 11) is 0. The molecule has 0 spiro atoms. The van der Waals surface area contributed by atoms with Crippen molar-refractivity contribution in [2.45, 2.75) is 6.92 Å². The highest BCUT2D eigenvalue weighted by atomic mass is 32.1. The van der Waals surface area contributed by atoms with Crippen LogP contribution in [0.4, 0.5) is 20.2 Å². The van der Waals surface area contributed by atoms with Gasteiger partial charge < -0.3 is 15.6 Å². The zero-order valence-corrected chi connectivity index (χ0v) is 14.9. The standard InChI is InChI=1S/C18H14F2N4O2S/c1-10(25)22-14-8-15(13(20)7-12(14)19)23-17(26)16-9-21-18(27)24(16)11-5-3-2-4-6-11/h2-9H,1H3,(H,21,27)(H,22,25)(H,23,26). The second kappa shape index (κ2) is 7.50. The lowest BCUT2D eigenvalue weighted by molar-refractivity contribution is -0.114. The van der Waals surface area contributed by atoms with Crippen molar-refractivity contribution in [3.8, 4) is 5.69 Å². The third-order valence-corrected chi connectivity index (χ3v) is 3.94. The molecule has 0 unspecified atom stereocenters. The van der Waals surface area contributed by atoms with E-state index >= 15 is 0 Å². The molecule has 0 saturated carbocycles. The van der Waals surface area contributed by atoms with Crippen molar-refractivity contribution in [2.24, 2.45) is 0 Å². The van der Waals surface area contributed by atoms with Crippen molar-refractivity contribution >= 4 is 35.4 Å². The molecule has 0 atom stereocenters. The maximum Gasteiger partial charge on any atom is 0.274 e. The molecule has 3 N–H and O–H groups in total. The Morgan fingerprint density at radius 1 is 1.04 bits per heavy atom. The number of H-pyrrole nitrogens is 1. The fraction of sp³-hybridized carbons (Fsp3) is 0.0556. The van der Waals surface area contributed by atoms with Crippen molar-refractivity contribution in [2.75, 3.05) is 10.6 Å². The second-order valence-electron chi connectivity index (χ2n) is 5.60. The molecule has 0 saturated heterocycles. The van der Waals surface area contributed by atoms with Crippen LogP contribution in [-0.2, 0) is 4.79 Å². The number of para-hydroxylation sites is 1. The van der Waals surface area contributed by atoms with Crippen LogP contribution in [-0.4, -0.2) is 21.4 Å². The fourth-order valence-electron chi connectivity index (χ4n) is 2.49. The SMILES string of the molecule is CC(=O)Nc1cc(NC(=O)c2c[nH]c(=S)n2-c2ccccc2)c(F)cc1F. The predicted molar refractivity (Wildman–Crippen MR) is 99.6 cm³/mol. The van der Waals surface area contributed by atoms with E-state index < -0.39 is 23.4 Å². The molecule has 3 rings (SSSR count). The maximum atomic E-state index is 14.1. The molecule has 3 aromatic rings. The van der Waals surface area contributed by atoms with E-state index in [-0.39, 0.29) is 21.8 Å². The average molecular weight is 388 g/mol. The average Bonchev–Trinajstić information content (AvgIpc) is 3.01. The minimum Gasteiger partial charge on any atom is -0.336 e. The van der Waals surface area contributed by atoms with Gasteiger partial charge in [-0.2, -0.15) is 0 Å². The summed E-state index contributed by atoms with van der Waals surface area (Å²) in [4.78, 5) is 26.5. The third-order valence-electron chi connectivity index (χ3n) is 3.64. The van der Waals surface area contributed by atoms with Crippen LogP contribution in [0.1, 0.15) is 17.4 Å². The largest absolute Gasteiger partial charge is 0.336 e. The molecular weight excluding hydrogens is 374 g/mol. The molecule has 9 heteroatoms. The van der Waals surface area contributed by atoms with Gasteiger partial charge in [-0.15, -0.1) is 0 Å². The van der Waals surface area contributed by atoms with E-state index in [2.05, 4.69) is 15.6 Å². The molecule has 1 aromatic heterocycles. The summed E-state index contributed by atoms with van der Waals surface area (Å²) >= 11 is 5.21. The van der Waals surface area contributed by atoms with Crippen LogP contribution in [0.5, 0.6) is 0 Å². The first-order valence-electron chi connectivity index (χ1n) is 7.80. The van der Waals surface area contributed by atoms with Crippen LogP contribution in [0.2, 0.25) is 0 Å². The Kier molecular flexibility index (Phi) is 5.13. The number of imidazole rings is 1. The van der Waals surface area contributed by atoms with E-state index in [1.807, 2.05) is 6.07 Å². The van der Waals surface area contributed by atoms with E-state index in [1.54, 1.807) is 24.3 Å². The number of amides is 2. The molecule has 138 valence electrons. The molecule has 2 amide bonds. The van der Waals surface area contributed by atoms with Gasteiger partial charge in [-0.25, -0.2) is 8.78 Å². The van der Waals surface area contributed by atoms with E-state index in [9.17, 15) is 18.4 Å². The summed E-state index contributed by atoms with van der Waals surface area (Å²) in [6, 6.07) is 10.5. The van der Waals surface area contributed by atoms with Gasteiger partial charge in [-0.1, -0.05) is 18.2 Å². The summed E-state index contributed by atoms with van der Waals surface area (Å²) in [6.45, 7) is 1.19. The number of nitrogens with one attached hydrogen (secondary N) is 3. The van der Waals surface area contributed by atoms with Crippen molar-refractivity contribution in [3.63, 3.8) is 0 Å². The lowest BCUT2D eigenvalue weighted by Gasteiger charge is -2.12. The van der Waals surface area contributed by atoms with Gasteiger partial charge in [0, 0.05) is 24.9 Å². The summed E-state index contributed by atoms with van der Waals surface area (Å²) in [6.07, 6.45) is 1.39. The molecule has 2 aromatic carbocycles. The van der Waals surface area contributed by atoms with Gasteiger partial charge in [-0.3, -0.25) is 14.2 Å². The number of benzene rings is 2. The minimum atomic E-state index is -0.977. The van der Waals surface area contributed by atoms with Gasteiger partial charge in [0.25, 0.3) is 5.91 Å². The Morgan fingerprint density at radius 3 is 2.30 bits per heavy atom. The van der Waals surface area contributed by atoms with E-state index in [0.29, 0.717) is 11.8 Å². The summed E-state index contributed by atoms with van der Waals surface area (Å²) < 4.78 is 29.6. The topological polar surface area (TPSA) is 78.9 Å². The quantitative estimate of drug-likeness (QED) is 0.591. The molecule has 1 heterocycles. The summed E-state index contributed by atoms with van der Waals surface area (Å²) in [5, 5.41) is 4.61. The first-order valence-corrected chi connectivity index (χ1v) is 8.21. The van der Waals surface area contributed by atoms with Crippen LogP contribution in [0.3, 0.4) is 0 Å². The van der Waals surface area contributed by atoms with E-state index in [0.717, 1.165) is 6.07 Å². The smallest absolute Gasteiger partial charge is 0.274 e. The number of hydrogen-bond acceptors (Lipinski definition) is 3. The molecule has 0 fully saturated rings. The first-order chi connectivity index (χ1) is 12.9. The predicted octanol–water partition coefficient (Wildman–Crippen LogP) is 4.02. The molecule has 0 aliphatic rings. The Hall–Kier alpha value is -3.33. The van der Waals surface area contributed by atoms with Crippen molar-refractivity contribution in [1.82, 2.24) is 9.55 Å². The van der Waals surface area contributed by atoms with Gasteiger partial charge in [0.2, 0.25) is 5.91 Å². The number of aromatic nitrogens is 2. The van der Waals surface area contributed by atoms with Gasteiger partial charge >= 0.3 is 0 Å². The zero-order chi connectivity index (χ0) is 19.6. The highest BCUT2D eigenvalue weighted by Gasteiger charge is 2.18. The van der Waals surface area contributed by atoms with Crippen LogP contribution in [0.15, 0.2) is 48.7 Å². The van der Waals surface area contributed by atoms with Gasteiger partial charge in [0.15, 0.2) is 4.77 Å². The number of nitrogens with zero attached hydrogens (tertiary/aromatic N) is 1. The fourth-order valence-corrected chi connectivity index (χ4v) is 2.75. The van der Waals surface area contributed by atoms with Crippen LogP contribution in [0.25, 0.3) is 5.69 Å². The van der Waals surface area contributed by atoms with Crippen LogP contribution in [0, 0.1) is 16.4 Å². The van der Waals surface area contributed by atoms with Crippen molar-refractivity contribution in [3.05, 3.63) is 70.8 Å². The number of hydrogen-bond donors (Lipinski definition) is 3. The first kappa shape index (κ1) is 18.5. The zero-order valence-electron chi connectivity index (χ0n) is 14.0. The second-order valence-corrected chi connectivity index (χ2v) is 5.98. The molecule has 0 aliphatic carbocycles. The molecule has 27 heavy (non-hydrogen) atoms. The van der Waals surface area contributed by atoms with Crippen molar-refractivity contribution < 1.29 is 18.4 Å². The normalized spacial score (nSPS) is 10.5. The number of carbonyl (C=O) groups excluding carboxylic acids is 2. The Morgan fingerprint density at radius 2 is 1.67 bits per heavy atom. The van der Waals surface area contributed by atoms with Gasteiger partial charge in [-0.05, 0) is 30.4 Å². The highest BCUT2D eigenvalue weighted by molar-refractivity contribution is 7.71. The minimum absolute atomic E-state index is 0.135. The lowest BCUT2D eigenvalue weighted by Crippen LogP contribution is -2.18.